The molecule has 4 rings (SSSR count). The van der Waals surface area contributed by atoms with Gasteiger partial charge in [-0.15, -0.1) is 0 Å². The Morgan fingerprint density at radius 2 is 1.86 bits per heavy atom. The summed E-state index contributed by atoms with van der Waals surface area (Å²) in [4.78, 5) is 50.9. The van der Waals surface area contributed by atoms with Crippen LogP contribution in [0.3, 0.4) is 0 Å². The van der Waals surface area contributed by atoms with Gasteiger partial charge in [-0.05, 0) is 59.3 Å². The van der Waals surface area contributed by atoms with Crippen molar-refractivity contribution in [1.82, 2.24) is 4.90 Å². The van der Waals surface area contributed by atoms with Crippen molar-refractivity contribution >= 4 is 56.9 Å². The van der Waals surface area contributed by atoms with Crippen LogP contribution in [-0.4, -0.2) is 41.2 Å². The lowest BCUT2D eigenvalue weighted by molar-refractivity contribution is -0.159. The fourth-order valence-electron chi connectivity index (χ4n) is 4.44. The minimum Gasteiger partial charge on any atom is -0.454 e. The van der Waals surface area contributed by atoms with Crippen LogP contribution in [0.5, 0.6) is 0 Å². The number of fused-ring (bicyclic) bond motifs is 5. The third-order valence-electron chi connectivity index (χ3n) is 5.78. The van der Waals surface area contributed by atoms with Crippen LogP contribution in [0.4, 0.5) is 5.69 Å². The highest BCUT2D eigenvalue weighted by atomic mass is 79.9. The molecule has 1 heterocycles. The normalized spacial score (nSPS) is 27.9. The first-order valence-electron chi connectivity index (χ1n) is 9.24. The van der Waals surface area contributed by atoms with Crippen molar-refractivity contribution in [2.45, 2.75) is 19.4 Å². The number of rotatable bonds is 5. The van der Waals surface area contributed by atoms with E-state index in [4.69, 9.17) is 16.3 Å². The predicted molar refractivity (Wildman–Crippen MR) is 108 cm³/mol. The number of amides is 3. The highest BCUT2D eigenvalue weighted by Gasteiger charge is 2.60. The Labute approximate surface area is 180 Å². The van der Waals surface area contributed by atoms with Gasteiger partial charge in [0.1, 0.15) is 6.04 Å². The first-order chi connectivity index (χ1) is 13.8. The second kappa shape index (κ2) is 7.57. The maximum atomic E-state index is 12.7. The van der Waals surface area contributed by atoms with Crippen molar-refractivity contribution in [2.75, 3.05) is 11.9 Å². The standard InChI is InChI=1S/C20H18BrClN2O5/c1-9(24-18(26)16-10-2-3-11(6-10)17(16)19(24)27)20(28)29-8-15(25)23-12-4-5-13(21)14(22)7-12/h2-5,7,9-11,16-17H,6,8H2,1H3,(H,23,25)/t9-,10+,11+,16-,17-/m1/s1. The van der Waals surface area contributed by atoms with E-state index in [-0.39, 0.29) is 35.5 Å². The van der Waals surface area contributed by atoms with Crippen LogP contribution in [-0.2, 0) is 23.9 Å². The van der Waals surface area contributed by atoms with Gasteiger partial charge in [-0.3, -0.25) is 19.3 Å². The Bertz CT molecular complexity index is 919. The number of anilines is 1. The van der Waals surface area contributed by atoms with Gasteiger partial charge in [0.25, 0.3) is 5.91 Å². The second-order valence-electron chi connectivity index (χ2n) is 7.51. The summed E-state index contributed by atoms with van der Waals surface area (Å²) in [6.45, 7) is 0.910. The maximum Gasteiger partial charge on any atom is 0.329 e. The predicted octanol–water partition coefficient (Wildman–Crippen LogP) is 2.78. The number of ether oxygens (including phenoxy) is 1. The SMILES string of the molecule is C[C@H](C(=O)OCC(=O)Nc1ccc(Br)c(Cl)c1)N1C(=O)[C@H]2[C@H](C1=O)[C@H]1C=C[C@H]2C1. The van der Waals surface area contributed by atoms with Gasteiger partial charge < -0.3 is 10.1 Å². The molecular weight excluding hydrogens is 464 g/mol. The first-order valence-corrected chi connectivity index (χ1v) is 10.4. The summed E-state index contributed by atoms with van der Waals surface area (Å²) in [6.07, 6.45) is 4.80. The molecular formula is C20H18BrClN2O5. The van der Waals surface area contributed by atoms with Crippen LogP contribution < -0.4 is 5.32 Å². The first kappa shape index (κ1) is 20.1. The van der Waals surface area contributed by atoms with Crippen LogP contribution in [0, 0.1) is 23.7 Å². The number of halogens is 2. The average molecular weight is 482 g/mol. The molecule has 9 heteroatoms. The van der Waals surface area contributed by atoms with Gasteiger partial charge in [0.2, 0.25) is 11.8 Å². The second-order valence-corrected chi connectivity index (χ2v) is 8.77. The molecule has 1 aromatic carbocycles. The monoisotopic (exact) mass is 480 g/mol. The molecule has 2 bridgehead atoms. The Morgan fingerprint density at radius 3 is 2.45 bits per heavy atom. The summed E-state index contributed by atoms with van der Waals surface area (Å²) in [7, 11) is 0. The third kappa shape index (κ3) is 3.48. The number of likely N-dealkylation sites (tertiary alicyclic amines) is 1. The van der Waals surface area contributed by atoms with Crippen molar-refractivity contribution < 1.29 is 23.9 Å². The number of carbonyl (C=O) groups excluding carboxylic acids is 4. The van der Waals surface area contributed by atoms with Gasteiger partial charge >= 0.3 is 5.97 Å². The van der Waals surface area contributed by atoms with E-state index >= 15 is 0 Å². The van der Waals surface area contributed by atoms with E-state index in [2.05, 4.69) is 21.2 Å². The zero-order valence-corrected chi connectivity index (χ0v) is 17.8. The van der Waals surface area contributed by atoms with Gasteiger partial charge in [0.05, 0.1) is 16.9 Å². The highest BCUT2D eigenvalue weighted by Crippen LogP contribution is 2.52. The Hall–Kier alpha value is -2.19. The Morgan fingerprint density at radius 1 is 1.24 bits per heavy atom. The molecule has 29 heavy (non-hydrogen) atoms. The largest absolute Gasteiger partial charge is 0.454 e. The van der Waals surface area contributed by atoms with Crippen molar-refractivity contribution in [2.24, 2.45) is 23.7 Å². The number of nitrogens with one attached hydrogen (secondary N) is 1. The molecule has 1 saturated heterocycles. The Balaban J connectivity index is 1.34. The fourth-order valence-corrected chi connectivity index (χ4v) is 4.87. The number of imide groups is 1. The number of hydrogen-bond acceptors (Lipinski definition) is 5. The fraction of sp³-hybridized carbons (Fsp3) is 0.400. The van der Waals surface area contributed by atoms with Crippen LogP contribution in [0.2, 0.25) is 5.02 Å². The number of hydrogen-bond donors (Lipinski definition) is 1. The molecule has 0 spiro atoms. The summed E-state index contributed by atoms with van der Waals surface area (Å²) >= 11 is 9.23. The molecule has 2 aliphatic carbocycles. The molecule has 1 aromatic rings. The van der Waals surface area contributed by atoms with Crippen LogP contribution in [0.25, 0.3) is 0 Å². The number of benzene rings is 1. The van der Waals surface area contributed by atoms with Crippen molar-refractivity contribution in [1.29, 1.82) is 0 Å². The molecule has 2 fully saturated rings. The Kier molecular flexibility index (Phi) is 5.25. The van der Waals surface area contributed by atoms with Crippen LogP contribution in [0.1, 0.15) is 13.3 Å². The lowest BCUT2D eigenvalue weighted by Crippen LogP contribution is -2.45. The molecule has 0 unspecified atom stereocenters. The molecule has 7 nitrogen and oxygen atoms in total. The highest BCUT2D eigenvalue weighted by molar-refractivity contribution is 9.10. The van der Waals surface area contributed by atoms with Gasteiger partial charge in [0, 0.05) is 10.2 Å². The molecule has 3 amide bonds. The molecule has 5 atom stereocenters. The van der Waals surface area contributed by atoms with E-state index in [1.165, 1.54) is 6.92 Å². The van der Waals surface area contributed by atoms with Crippen molar-refractivity contribution in [3.63, 3.8) is 0 Å². The number of allylic oxidation sites excluding steroid dienone is 2. The van der Waals surface area contributed by atoms with E-state index in [1.807, 2.05) is 12.2 Å². The molecule has 1 N–H and O–H groups in total. The number of nitrogens with zero attached hydrogens (tertiary/aromatic N) is 1. The zero-order valence-electron chi connectivity index (χ0n) is 15.4. The lowest BCUT2D eigenvalue weighted by atomic mass is 9.85. The lowest BCUT2D eigenvalue weighted by Gasteiger charge is -2.23. The van der Waals surface area contributed by atoms with E-state index < -0.39 is 24.5 Å². The van der Waals surface area contributed by atoms with Crippen LogP contribution >= 0.6 is 27.5 Å². The van der Waals surface area contributed by atoms with Crippen molar-refractivity contribution in [3.8, 4) is 0 Å². The summed E-state index contributed by atoms with van der Waals surface area (Å²) in [5, 5.41) is 2.99. The van der Waals surface area contributed by atoms with E-state index in [9.17, 15) is 19.2 Å². The minimum absolute atomic E-state index is 0.0678. The van der Waals surface area contributed by atoms with Crippen molar-refractivity contribution in [3.05, 3.63) is 39.8 Å². The van der Waals surface area contributed by atoms with Gasteiger partial charge in [0.15, 0.2) is 6.61 Å². The van der Waals surface area contributed by atoms with E-state index in [0.29, 0.717) is 15.2 Å². The molecule has 0 radical (unpaired) electrons. The number of esters is 1. The maximum absolute atomic E-state index is 12.7. The van der Waals surface area contributed by atoms with Crippen LogP contribution in [0.15, 0.2) is 34.8 Å². The minimum atomic E-state index is -1.07. The van der Waals surface area contributed by atoms with Gasteiger partial charge in [-0.1, -0.05) is 23.8 Å². The molecule has 3 aliphatic rings. The van der Waals surface area contributed by atoms with Gasteiger partial charge in [-0.25, -0.2) is 4.79 Å². The molecule has 1 aliphatic heterocycles. The quantitative estimate of drug-likeness (QED) is 0.397. The molecule has 0 aromatic heterocycles. The topological polar surface area (TPSA) is 92.8 Å². The smallest absolute Gasteiger partial charge is 0.329 e. The summed E-state index contributed by atoms with van der Waals surface area (Å²) in [5.74, 6) is -2.61. The van der Waals surface area contributed by atoms with E-state index in [0.717, 1.165) is 11.3 Å². The third-order valence-corrected chi connectivity index (χ3v) is 7.01. The summed E-state index contributed by atoms with van der Waals surface area (Å²) in [5.41, 5.74) is 0.452. The zero-order chi connectivity index (χ0) is 20.9. The molecule has 1 saturated carbocycles. The van der Waals surface area contributed by atoms with Gasteiger partial charge in [-0.2, -0.15) is 0 Å². The average Bonchev–Trinajstić information content (AvgIpc) is 3.36. The number of carbonyl (C=O) groups is 4. The van der Waals surface area contributed by atoms with E-state index in [1.54, 1.807) is 18.2 Å². The summed E-state index contributed by atoms with van der Waals surface area (Å²) in [6, 6.07) is 3.79. The summed E-state index contributed by atoms with van der Waals surface area (Å²) < 4.78 is 5.72. The molecule has 152 valence electrons.